The molecule has 0 aromatic heterocycles. The topological polar surface area (TPSA) is 32.8 Å². The lowest BCUT2D eigenvalue weighted by molar-refractivity contribution is 0.0768. The maximum atomic E-state index is 12.9. The number of fused-ring (bicyclic) bond motifs is 1. The summed E-state index contributed by atoms with van der Waals surface area (Å²) < 4.78 is 5.27. The molecule has 142 valence electrons. The number of benzene rings is 2. The van der Waals surface area contributed by atoms with Gasteiger partial charge >= 0.3 is 0 Å². The van der Waals surface area contributed by atoms with Crippen molar-refractivity contribution in [3.63, 3.8) is 0 Å². The summed E-state index contributed by atoms with van der Waals surface area (Å²) >= 11 is 12.1. The highest BCUT2D eigenvalue weighted by Crippen LogP contribution is 2.44. The number of carbonyl (C=O) groups excluding carboxylic acids is 1. The van der Waals surface area contributed by atoms with Gasteiger partial charge in [0.15, 0.2) is 0 Å². The minimum absolute atomic E-state index is 0.0269. The predicted octanol–water partition coefficient (Wildman–Crippen LogP) is 4.38. The zero-order chi connectivity index (χ0) is 19.1. The summed E-state index contributed by atoms with van der Waals surface area (Å²) in [6, 6.07) is 13.7. The molecule has 2 fully saturated rings. The molecule has 2 aromatic rings. The van der Waals surface area contributed by atoms with Gasteiger partial charge in [0, 0.05) is 37.2 Å². The number of halogens is 2. The van der Waals surface area contributed by atoms with Crippen LogP contribution < -0.4 is 4.74 Å². The molecule has 27 heavy (non-hydrogen) atoms. The van der Waals surface area contributed by atoms with Crippen molar-refractivity contribution in [1.82, 2.24) is 9.80 Å². The quantitative estimate of drug-likeness (QED) is 0.760. The van der Waals surface area contributed by atoms with Crippen LogP contribution in [0, 0.1) is 11.8 Å². The summed E-state index contributed by atoms with van der Waals surface area (Å²) in [6.45, 7) is 2.53. The van der Waals surface area contributed by atoms with E-state index < -0.39 is 0 Å². The van der Waals surface area contributed by atoms with E-state index in [4.69, 9.17) is 27.9 Å². The largest absolute Gasteiger partial charge is 0.497 e. The first-order valence-corrected chi connectivity index (χ1v) is 9.82. The minimum Gasteiger partial charge on any atom is -0.497 e. The van der Waals surface area contributed by atoms with E-state index >= 15 is 0 Å². The fourth-order valence-corrected chi connectivity index (χ4v) is 4.84. The van der Waals surface area contributed by atoms with Crippen molar-refractivity contribution in [2.24, 2.45) is 11.8 Å². The van der Waals surface area contributed by atoms with Gasteiger partial charge in [-0.2, -0.15) is 0 Å². The minimum atomic E-state index is 0.0269. The number of carbonyl (C=O) groups is 1. The van der Waals surface area contributed by atoms with Gasteiger partial charge in [-0.3, -0.25) is 9.69 Å². The molecule has 2 saturated heterocycles. The van der Waals surface area contributed by atoms with Crippen molar-refractivity contribution in [2.75, 3.05) is 33.8 Å². The van der Waals surface area contributed by atoms with Crippen LogP contribution in [0.5, 0.6) is 5.75 Å². The third-order valence-corrected chi connectivity index (χ3v) is 6.54. The van der Waals surface area contributed by atoms with E-state index in [0.29, 0.717) is 33.5 Å². The second-order valence-electron chi connectivity index (χ2n) is 7.42. The first-order valence-electron chi connectivity index (χ1n) is 9.06. The molecule has 6 heteroatoms. The zero-order valence-electron chi connectivity index (χ0n) is 15.4. The van der Waals surface area contributed by atoms with Crippen molar-refractivity contribution < 1.29 is 9.53 Å². The monoisotopic (exact) mass is 404 g/mol. The van der Waals surface area contributed by atoms with E-state index in [9.17, 15) is 4.79 Å². The Hall–Kier alpha value is -1.75. The van der Waals surface area contributed by atoms with E-state index in [0.717, 1.165) is 25.4 Å². The fraction of sp³-hybridized carbons (Fsp3) is 0.381. The second-order valence-corrected chi connectivity index (χ2v) is 8.23. The Bertz CT molecular complexity index is 856. The lowest BCUT2D eigenvalue weighted by atomic mass is 9.89. The summed E-state index contributed by atoms with van der Waals surface area (Å²) in [6.07, 6.45) is 0. The lowest BCUT2D eigenvalue weighted by Gasteiger charge is -2.27. The number of amides is 1. The Morgan fingerprint density at radius 2 is 1.78 bits per heavy atom. The predicted molar refractivity (Wildman–Crippen MR) is 108 cm³/mol. The number of ether oxygens (including phenoxy) is 1. The Morgan fingerprint density at radius 1 is 1.04 bits per heavy atom. The van der Waals surface area contributed by atoms with Crippen LogP contribution in [0.2, 0.25) is 10.0 Å². The van der Waals surface area contributed by atoms with Gasteiger partial charge in [-0.25, -0.2) is 0 Å². The third kappa shape index (κ3) is 3.42. The van der Waals surface area contributed by atoms with Crippen molar-refractivity contribution in [1.29, 1.82) is 0 Å². The van der Waals surface area contributed by atoms with Gasteiger partial charge in [0.1, 0.15) is 5.75 Å². The molecule has 4 nitrogen and oxygen atoms in total. The molecule has 0 bridgehead atoms. The van der Waals surface area contributed by atoms with Crippen LogP contribution in [0.3, 0.4) is 0 Å². The first-order chi connectivity index (χ1) is 13.0. The second kappa shape index (κ2) is 7.34. The maximum Gasteiger partial charge on any atom is 0.253 e. The molecule has 0 aliphatic carbocycles. The fourth-order valence-electron chi connectivity index (χ4n) is 4.54. The number of rotatable bonds is 3. The number of nitrogens with zero attached hydrogens (tertiary/aromatic N) is 2. The average molecular weight is 405 g/mol. The van der Waals surface area contributed by atoms with Gasteiger partial charge in [0.2, 0.25) is 0 Å². The number of hydrogen-bond donors (Lipinski definition) is 0. The van der Waals surface area contributed by atoms with E-state index in [-0.39, 0.29) is 5.91 Å². The molecule has 0 spiro atoms. The van der Waals surface area contributed by atoms with Crippen LogP contribution in [0.25, 0.3) is 0 Å². The molecule has 1 amide bonds. The molecule has 2 aliphatic rings. The first kappa shape index (κ1) is 18.6. The lowest BCUT2D eigenvalue weighted by Crippen LogP contribution is -2.33. The van der Waals surface area contributed by atoms with E-state index in [1.54, 1.807) is 25.3 Å². The number of hydrogen-bond acceptors (Lipinski definition) is 3. The van der Waals surface area contributed by atoms with Crippen LogP contribution in [0.1, 0.15) is 22.0 Å². The molecule has 0 unspecified atom stereocenters. The SMILES string of the molecule is COc1ccc([C@H]2[C@@H]3CN(C(=O)c4ccc(Cl)c(Cl)c4)C[C@@H]3CN2C)cc1. The third-order valence-electron chi connectivity index (χ3n) is 5.81. The van der Waals surface area contributed by atoms with Crippen molar-refractivity contribution >= 4 is 29.1 Å². The molecular weight excluding hydrogens is 383 g/mol. The normalized spacial score (nSPS) is 24.9. The van der Waals surface area contributed by atoms with Gasteiger partial charge in [0.25, 0.3) is 5.91 Å². The van der Waals surface area contributed by atoms with Crippen molar-refractivity contribution in [2.45, 2.75) is 6.04 Å². The summed E-state index contributed by atoms with van der Waals surface area (Å²) in [5, 5.41) is 0.880. The highest BCUT2D eigenvalue weighted by molar-refractivity contribution is 6.42. The van der Waals surface area contributed by atoms with Crippen LogP contribution in [-0.2, 0) is 0 Å². The molecule has 2 aliphatic heterocycles. The van der Waals surface area contributed by atoms with Gasteiger partial charge < -0.3 is 9.64 Å². The molecule has 0 radical (unpaired) electrons. The molecular formula is C21H22Cl2N2O2. The smallest absolute Gasteiger partial charge is 0.253 e. The highest BCUT2D eigenvalue weighted by Gasteiger charge is 2.47. The van der Waals surface area contributed by atoms with Crippen LogP contribution in [0.4, 0.5) is 0 Å². The van der Waals surface area contributed by atoms with Crippen LogP contribution >= 0.6 is 23.2 Å². The molecule has 2 aromatic carbocycles. The van der Waals surface area contributed by atoms with Gasteiger partial charge in [0.05, 0.1) is 17.2 Å². The molecule has 2 heterocycles. The van der Waals surface area contributed by atoms with Crippen LogP contribution in [-0.4, -0.2) is 49.5 Å². The molecule has 0 saturated carbocycles. The molecule has 4 rings (SSSR count). The molecule has 0 N–H and O–H groups in total. The maximum absolute atomic E-state index is 12.9. The summed E-state index contributed by atoms with van der Waals surface area (Å²) in [5.41, 5.74) is 1.87. The Balaban J connectivity index is 1.53. The summed E-state index contributed by atoms with van der Waals surface area (Å²) in [4.78, 5) is 17.3. The van der Waals surface area contributed by atoms with Gasteiger partial charge in [-0.1, -0.05) is 35.3 Å². The van der Waals surface area contributed by atoms with E-state index in [1.807, 2.05) is 17.0 Å². The Kier molecular flexibility index (Phi) is 5.06. The zero-order valence-corrected chi connectivity index (χ0v) is 16.9. The summed E-state index contributed by atoms with van der Waals surface area (Å²) in [7, 11) is 3.84. The highest BCUT2D eigenvalue weighted by atomic mass is 35.5. The van der Waals surface area contributed by atoms with Gasteiger partial charge in [-0.05, 0) is 48.9 Å². The molecule has 3 atom stereocenters. The van der Waals surface area contributed by atoms with E-state index in [2.05, 4.69) is 24.1 Å². The van der Waals surface area contributed by atoms with Crippen LogP contribution in [0.15, 0.2) is 42.5 Å². The number of methoxy groups -OCH3 is 1. The Morgan fingerprint density at radius 3 is 2.44 bits per heavy atom. The number of likely N-dealkylation sites (tertiary alicyclic amines) is 2. The van der Waals surface area contributed by atoms with Crippen molar-refractivity contribution in [3.8, 4) is 5.75 Å². The Labute approximate surface area is 169 Å². The summed E-state index contributed by atoms with van der Waals surface area (Å²) in [5.74, 6) is 1.79. The standard InChI is InChI=1S/C21H22Cl2N2O2/c1-24-10-15-11-25(21(26)14-5-8-18(22)19(23)9-14)12-17(15)20(24)13-3-6-16(27-2)7-4-13/h3-9,15,17,20H,10-12H2,1-2H3/t15-,17+,20-/m0/s1. The van der Waals surface area contributed by atoms with Crippen molar-refractivity contribution in [3.05, 3.63) is 63.6 Å². The van der Waals surface area contributed by atoms with E-state index in [1.165, 1.54) is 5.56 Å². The average Bonchev–Trinajstić information content (AvgIpc) is 3.20. The van der Waals surface area contributed by atoms with Gasteiger partial charge in [-0.15, -0.1) is 0 Å².